The van der Waals surface area contributed by atoms with Crippen molar-refractivity contribution in [2.45, 2.75) is 50.7 Å². The molecule has 9 nitrogen and oxygen atoms in total. The van der Waals surface area contributed by atoms with Gasteiger partial charge in [0.1, 0.15) is 12.1 Å². The van der Waals surface area contributed by atoms with E-state index in [-0.39, 0.29) is 13.1 Å². The predicted octanol–water partition coefficient (Wildman–Crippen LogP) is 2.30. The molecule has 1 aliphatic rings. The fourth-order valence-corrected chi connectivity index (χ4v) is 3.67. The molecule has 3 rings (SSSR count). The van der Waals surface area contributed by atoms with Crippen LogP contribution in [0.2, 0.25) is 0 Å². The molecule has 1 amide bonds. The van der Waals surface area contributed by atoms with Gasteiger partial charge < -0.3 is 30.0 Å². The van der Waals surface area contributed by atoms with Crippen molar-refractivity contribution in [2.75, 3.05) is 13.1 Å². The number of rotatable bonds is 7. The van der Waals surface area contributed by atoms with Crippen LogP contribution in [0.15, 0.2) is 60.7 Å². The van der Waals surface area contributed by atoms with Gasteiger partial charge >= 0.3 is 18.0 Å². The Morgan fingerprint density at radius 1 is 0.941 bits per heavy atom. The molecular weight excluding hydrogens is 440 g/mol. The van der Waals surface area contributed by atoms with Crippen LogP contribution < -0.4 is 5.73 Å². The number of carbonyl (C=O) groups excluding carboxylic acids is 3. The summed E-state index contributed by atoms with van der Waals surface area (Å²) in [6, 6.07) is 16.4. The summed E-state index contributed by atoms with van der Waals surface area (Å²) in [5.41, 5.74) is 4.28. The molecule has 0 aromatic heterocycles. The lowest BCUT2D eigenvalue weighted by molar-refractivity contribution is -0.170. The van der Waals surface area contributed by atoms with Crippen LogP contribution >= 0.6 is 0 Å². The molecule has 3 N–H and O–H groups in total. The second kappa shape index (κ2) is 11.1. The number of amides is 1. The summed E-state index contributed by atoms with van der Waals surface area (Å²) in [7, 11) is 0. The van der Waals surface area contributed by atoms with Gasteiger partial charge in [-0.05, 0) is 18.1 Å². The van der Waals surface area contributed by atoms with E-state index in [1.807, 2.05) is 0 Å². The van der Waals surface area contributed by atoms with E-state index < -0.39 is 42.1 Å². The maximum Gasteiger partial charge on any atom is 0.412 e. The Labute approximate surface area is 198 Å². The predicted molar refractivity (Wildman–Crippen MR) is 122 cm³/mol. The van der Waals surface area contributed by atoms with Crippen LogP contribution in [0.4, 0.5) is 4.79 Å². The number of nitrogens with zero attached hydrogens (tertiary/aromatic N) is 1. The molecule has 1 saturated heterocycles. The zero-order valence-corrected chi connectivity index (χ0v) is 19.3. The van der Waals surface area contributed by atoms with Crippen LogP contribution in [0.1, 0.15) is 37.8 Å². The van der Waals surface area contributed by atoms with E-state index in [0.29, 0.717) is 24.0 Å². The fourth-order valence-electron chi connectivity index (χ4n) is 3.67. The van der Waals surface area contributed by atoms with Gasteiger partial charge in [0, 0.05) is 32.9 Å². The van der Waals surface area contributed by atoms with Crippen LogP contribution in [-0.2, 0) is 29.4 Å². The van der Waals surface area contributed by atoms with Crippen molar-refractivity contribution in [3.63, 3.8) is 0 Å². The summed E-state index contributed by atoms with van der Waals surface area (Å²) in [6.07, 6.45) is -1.46. The van der Waals surface area contributed by atoms with E-state index in [2.05, 4.69) is 0 Å². The fraction of sp³-hybridized carbons (Fsp3) is 0.400. The summed E-state index contributed by atoms with van der Waals surface area (Å²) in [4.78, 5) is 38.5. The van der Waals surface area contributed by atoms with Gasteiger partial charge in [-0.15, -0.1) is 0 Å². The number of piperidine rings is 1. The monoisotopic (exact) mass is 470 g/mol. The highest BCUT2D eigenvalue weighted by atomic mass is 16.7. The van der Waals surface area contributed by atoms with Crippen LogP contribution in [0.5, 0.6) is 0 Å². The molecule has 1 heterocycles. The van der Waals surface area contributed by atoms with Gasteiger partial charge in [-0.2, -0.15) is 0 Å². The summed E-state index contributed by atoms with van der Waals surface area (Å²) in [6.45, 7) is 3.46. The largest absolute Gasteiger partial charge is 0.460 e. The van der Waals surface area contributed by atoms with Crippen molar-refractivity contribution in [1.29, 1.82) is 0 Å². The van der Waals surface area contributed by atoms with Gasteiger partial charge in [-0.3, -0.25) is 4.79 Å². The molecule has 1 aliphatic heterocycles. The molecule has 2 aromatic rings. The van der Waals surface area contributed by atoms with E-state index in [1.54, 1.807) is 60.7 Å². The quantitative estimate of drug-likeness (QED) is 0.466. The summed E-state index contributed by atoms with van der Waals surface area (Å²) >= 11 is 0. The Kier molecular flexibility index (Phi) is 8.25. The second-order valence-electron chi connectivity index (χ2n) is 8.21. The number of likely N-dealkylation sites (tertiary alicyclic amines) is 1. The lowest BCUT2D eigenvalue weighted by atomic mass is 9.86. The van der Waals surface area contributed by atoms with Gasteiger partial charge in [0.15, 0.2) is 0 Å². The molecule has 0 radical (unpaired) electrons. The number of carbonyl (C=O) groups is 3. The molecule has 0 saturated carbocycles. The Bertz CT molecular complexity index is 934. The first kappa shape index (κ1) is 25.2. The molecule has 1 fully saturated rings. The highest BCUT2D eigenvalue weighted by Gasteiger charge is 2.43. The van der Waals surface area contributed by atoms with Crippen molar-refractivity contribution in [3.05, 3.63) is 71.8 Å². The number of hydrogen-bond donors (Lipinski definition) is 2. The standard InChI is InChI=1S/C25H30N2O7/c1-17(26)22(28)32-18(2)33-24(30)27-15-13-21(14-16-27)34-23(29)25(31,19-9-5-3-6-10-19)20-11-7-4-8-12-20/h3-12,17-18,21,31H,13-16,26H2,1-2H3/t17-,18?/m0/s1. The van der Waals surface area contributed by atoms with Gasteiger partial charge in [-0.1, -0.05) is 60.7 Å². The minimum atomic E-state index is -1.96. The topological polar surface area (TPSA) is 128 Å². The van der Waals surface area contributed by atoms with Crippen LogP contribution in [0.25, 0.3) is 0 Å². The Morgan fingerprint density at radius 3 is 1.91 bits per heavy atom. The Hall–Kier alpha value is -3.43. The van der Waals surface area contributed by atoms with Crippen molar-refractivity contribution < 1.29 is 33.7 Å². The van der Waals surface area contributed by atoms with Crippen molar-refractivity contribution in [3.8, 4) is 0 Å². The normalized spacial score (nSPS) is 16.3. The number of hydrogen-bond acceptors (Lipinski definition) is 8. The maximum absolute atomic E-state index is 13.2. The van der Waals surface area contributed by atoms with Crippen molar-refractivity contribution in [1.82, 2.24) is 4.90 Å². The van der Waals surface area contributed by atoms with Gasteiger partial charge in [-0.25, -0.2) is 9.59 Å². The second-order valence-corrected chi connectivity index (χ2v) is 8.21. The van der Waals surface area contributed by atoms with Gasteiger partial charge in [0.25, 0.3) is 0 Å². The highest BCUT2D eigenvalue weighted by Crippen LogP contribution is 2.32. The molecule has 9 heteroatoms. The minimum absolute atomic E-state index is 0.278. The first-order valence-electron chi connectivity index (χ1n) is 11.2. The van der Waals surface area contributed by atoms with Crippen LogP contribution in [-0.4, -0.2) is 59.6 Å². The first-order valence-corrected chi connectivity index (χ1v) is 11.2. The lowest BCUT2D eigenvalue weighted by Gasteiger charge is -2.34. The zero-order valence-electron chi connectivity index (χ0n) is 19.3. The van der Waals surface area contributed by atoms with E-state index in [0.717, 1.165) is 0 Å². The first-order chi connectivity index (χ1) is 16.2. The molecule has 2 atom stereocenters. The number of aliphatic hydroxyl groups is 1. The zero-order chi connectivity index (χ0) is 24.7. The third-order valence-corrected chi connectivity index (χ3v) is 5.57. The number of nitrogens with two attached hydrogens (primary N) is 1. The smallest absolute Gasteiger partial charge is 0.412 e. The van der Waals surface area contributed by atoms with Crippen LogP contribution in [0.3, 0.4) is 0 Å². The van der Waals surface area contributed by atoms with Crippen molar-refractivity contribution in [2.24, 2.45) is 5.73 Å². The van der Waals surface area contributed by atoms with Gasteiger partial charge in [0.2, 0.25) is 11.9 Å². The number of esters is 2. The molecule has 0 bridgehead atoms. The highest BCUT2D eigenvalue weighted by molar-refractivity contribution is 5.85. The third-order valence-electron chi connectivity index (χ3n) is 5.57. The SMILES string of the molecule is CC(OC(=O)[C@H](C)N)OC(=O)N1CCC(OC(=O)C(O)(c2ccccc2)c2ccccc2)CC1. The molecule has 182 valence electrons. The van der Waals surface area contributed by atoms with E-state index >= 15 is 0 Å². The molecule has 34 heavy (non-hydrogen) atoms. The summed E-state index contributed by atoms with van der Waals surface area (Å²) in [5, 5.41) is 11.5. The van der Waals surface area contributed by atoms with Crippen LogP contribution in [0, 0.1) is 0 Å². The average Bonchev–Trinajstić information content (AvgIpc) is 2.84. The molecule has 0 aliphatic carbocycles. The van der Waals surface area contributed by atoms with E-state index in [4.69, 9.17) is 19.9 Å². The van der Waals surface area contributed by atoms with E-state index in [9.17, 15) is 19.5 Å². The minimum Gasteiger partial charge on any atom is -0.460 e. The van der Waals surface area contributed by atoms with Crippen molar-refractivity contribution >= 4 is 18.0 Å². The number of benzene rings is 2. The van der Waals surface area contributed by atoms with Gasteiger partial charge in [0.05, 0.1) is 0 Å². The molecule has 1 unspecified atom stereocenters. The average molecular weight is 471 g/mol. The Morgan fingerprint density at radius 2 is 1.44 bits per heavy atom. The summed E-state index contributed by atoms with van der Waals surface area (Å²) < 4.78 is 15.8. The third kappa shape index (κ3) is 5.92. The summed E-state index contributed by atoms with van der Waals surface area (Å²) in [5.74, 6) is -1.45. The number of ether oxygens (including phenoxy) is 3. The Balaban J connectivity index is 1.60. The molecular formula is C25H30N2O7. The van der Waals surface area contributed by atoms with E-state index in [1.165, 1.54) is 18.7 Å². The molecule has 2 aromatic carbocycles. The maximum atomic E-state index is 13.2. The lowest BCUT2D eigenvalue weighted by Crippen LogP contribution is -2.46. The molecule has 0 spiro atoms.